The van der Waals surface area contributed by atoms with Crippen LogP contribution in [0.4, 0.5) is 0 Å². The van der Waals surface area contributed by atoms with Gasteiger partial charge in [0.05, 0.1) is 26.2 Å². The Balaban J connectivity index is 1.88. The molecule has 0 aromatic carbocycles. The van der Waals surface area contributed by atoms with Crippen LogP contribution in [0.25, 0.3) is 0 Å². The number of hydrogen-bond donors (Lipinski definition) is 0. The third-order valence-electron chi connectivity index (χ3n) is 3.09. The molecule has 0 saturated carbocycles. The van der Waals surface area contributed by atoms with E-state index >= 15 is 0 Å². The zero-order valence-electron chi connectivity index (χ0n) is 9.73. The van der Waals surface area contributed by atoms with Crippen molar-refractivity contribution in [2.75, 3.05) is 20.3 Å². The molecule has 2 heterocycles. The van der Waals surface area contributed by atoms with Crippen LogP contribution in [0.3, 0.4) is 0 Å². The molecule has 5 heteroatoms. The Hall–Kier alpha value is -0.650. The minimum Gasteiger partial charge on any atom is -0.469 e. The first-order chi connectivity index (χ1) is 7.64. The van der Waals surface area contributed by atoms with Crippen molar-refractivity contribution in [1.29, 1.82) is 0 Å². The first-order valence-electron chi connectivity index (χ1n) is 5.64. The molecule has 0 aliphatic carbocycles. The van der Waals surface area contributed by atoms with Gasteiger partial charge >= 0.3 is 5.97 Å². The van der Waals surface area contributed by atoms with E-state index in [1.807, 2.05) is 6.92 Å². The van der Waals surface area contributed by atoms with Gasteiger partial charge in [-0.2, -0.15) is 0 Å². The van der Waals surface area contributed by atoms with Gasteiger partial charge in [-0.05, 0) is 19.8 Å². The summed E-state index contributed by atoms with van der Waals surface area (Å²) in [6.45, 7) is 3.06. The third kappa shape index (κ3) is 2.36. The first-order valence-corrected chi connectivity index (χ1v) is 5.64. The predicted octanol–water partition coefficient (Wildman–Crippen LogP) is 0.860. The van der Waals surface area contributed by atoms with Gasteiger partial charge in [-0.15, -0.1) is 0 Å². The van der Waals surface area contributed by atoms with Crippen molar-refractivity contribution in [1.82, 2.24) is 0 Å². The van der Waals surface area contributed by atoms with Gasteiger partial charge in [0.15, 0.2) is 5.79 Å². The van der Waals surface area contributed by atoms with Crippen LogP contribution in [0.1, 0.15) is 26.2 Å². The SMILES string of the molecule is COC(=O)CC1COC(C)(C2CCCO2)O1. The zero-order valence-corrected chi connectivity index (χ0v) is 9.73. The lowest BCUT2D eigenvalue weighted by Crippen LogP contribution is -2.40. The molecule has 0 aromatic heterocycles. The van der Waals surface area contributed by atoms with Crippen molar-refractivity contribution in [2.24, 2.45) is 0 Å². The smallest absolute Gasteiger partial charge is 0.308 e. The molecule has 0 aromatic rings. The molecule has 2 aliphatic rings. The topological polar surface area (TPSA) is 54.0 Å². The summed E-state index contributed by atoms with van der Waals surface area (Å²) in [4.78, 5) is 11.1. The summed E-state index contributed by atoms with van der Waals surface area (Å²) >= 11 is 0. The van der Waals surface area contributed by atoms with Crippen molar-refractivity contribution in [3.05, 3.63) is 0 Å². The van der Waals surface area contributed by atoms with Crippen molar-refractivity contribution in [3.63, 3.8) is 0 Å². The number of hydrogen-bond acceptors (Lipinski definition) is 5. The highest BCUT2D eigenvalue weighted by Crippen LogP contribution is 2.34. The molecule has 0 spiro atoms. The van der Waals surface area contributed by atoms with Crippen LogP contribution in [-0.4, -0.2) is 44.3 Å². The van der Waals surface area contributed by atoms with Crippen LogP contribution < -0.4 is 0 Å². The number of methoxy groups -OCH3 is 1. The Morgan fingerprint density at radius 1 is 1.56 bits per heavy atom. The van der Waals surface area contributed by atoms with E-state index in [9.17, 15) is 4.79 Å². The number of carbonyl (C=O) groups excluding carboxylic acids is 1. The molecule has 3 unspecified atom stereocenters. The quantitative estimate of drug-likeness (QED) is 0.673. The molecule has 2 aliphatic heterocycles. The second-order valence-corrected chi connectivity index (χ2v) is 4.35. The lowest BCUT2D eigenvalue weighted by atomic mass is 10.1. The molecule has 3 atom stereocenters. The van der Waals surface area contributed by atoms with E-state index in [4.69, 9.17) is 14.2 Å². The third-order valence-corrected chi connectivity index (χ3v) is 3.09. The molecule has 2 rings (SSSR count). The average molecular weight is 230 g/mol. The predicted molar refractivity (Wildman–Crippen MR) is 54.8 cm³/mol. The normalized spacial score (nSPS) is 38.9. The van der Waals surface area contributed by atoms with E-state index in [2.05, 4.69) is 4.74 Å². The summed E-state index contributed by atoms with van der Waals surface area (Å²) in [6.07, 6.45) is 1.98. The Kier molecular flexibility index (Phi) is 3.47. The van der Waals surface area contributed by atoms with Gasteiger partial charge in [-0.1, -0.05) is 0 Å². The van der Waals surface area contributed by atoms with E-state index in [-0.39, 0.29) is 24.6 Å². The number of esters is 1. The van der Waals surface area contributed by atoms with Gasteiger partial charge in [-0.25, -0.2) is 0 Å². The van der Waals surface area contributed by atoms with Crippen molar-refractivity contribution >= 4 is 5.97 Å². The molecule has 5 nitrogen and oxygen atoms in total. The Morgan fingerprint density at radius 2 is 2.38 bits per heavy atom. The maximum absolute atomic E-state index is 11.1. The molecule has 0 N–H and O–H groups in total. The second kappa shape index (κ2) is 4.69. The molecule has 92 valence electrons. The second-order valence-electron chi connectivity index (χ2n) is 4.35. The summed E-state index contributed by atoms with van der Waals surface area (Å²) in [5.41, 5.74) is 0. The van der Waals surface area contributed by atoms with Crippen LogP contribution in [0.15, 0.2) is 0 Å². The van der Waals surface area contributed by atoms with Gasteiger partial charge in [0.25, 0.3) is 0 Å². The summed E-state index contributed by atoms with van der Waals surface area (Å²) in [7, 11) is 1.37. The van der Waals surface area contributed by atoms with Gasteiger partial charge in [0, 0.05) is 6.61 Å². The van der Waals surface area contributed by atoms with Crippen LogP contribution in [-0.2, 0) is 23.7 Å². The highest BCUT2D eigenvalue weighted by Gasteiger charge is 2.46. The lowest BCUT2D eigenvalue weighted by Gasteiger charge is -2.28. The van der Waals surface area contributed by atoms with Crippen molar-refractivity contribution < 1.29 is 23.7 Å². The van der Waals surface area contributed by atoms with Gasteiger partial charge in [-0.3, -0.25) is 4.79 Å². The van der Waals surface area contributed by atoms with Crippen molar-refractivity contribution in [3.8, 4) is 0 Å². The molecule has 16 heavy (non-hydrogen) atoms. The fourth-order valence-electron chi connectivity index (χ4n) is 2.19. The highest BCUT2D eigenvalue weighted by atomic mass is 16.8. The molecular weight excluding hydrogens is 212 g/mol. The van der Waals surface area contributed by atoms with Crippen molar-refractivity contribution in [2.45, 2.75) is 44.2 Å². The van der Waals surface area contributed by atoms with Gasteiger partial charge < -0.3 is 18.9 Å². The average Bonchev–Trinajstić information content (AvgIpc) is 2.88. The van der Waals surface area contributed by atoms with Crippen LogP contribution in [0, 0.1) is 0 Å². The fourth-order valence-corrected chi connectivity index (χ4v) is 2.19. The molecule has 2 fully saturated rings. The van der Waals surface area contributed by atoms with E-state index in [1.54, 1.807) is 0 Å². The molecule has 2 saturated heterocycles. The van der Waals surface area contributed by atoms with E-state index in [0.29, 0.717) is 6.61 Å². The fraction of sp³-hybridized carbons (Fsp3) is 0.909. The number of carbonyl (C=O) groups is 1. The minimum atomic E-state index is -0.699. The summed E-state index contributed by atoms with van der Waals surface area (Å²) in [6, 6.07) is 0. The Morgan fingerprint density at radius 3 is 3.00 bits per heavy atom. The maximum Gasteiger partial charge on any atom is 0.308 e. The minimum absolute atomic E-state index is 0.0184. The first kappa shape index (κ1) is 11.8. The van der Waals surface area contributed by atoms with E-state index < -0.39 is 5.79 Å². The Labute approximate surface area is 95.0 Å². The van der Waals surface area contributed by atoms with E-state index in [1.165, 1.54) is 7.11 Å². The summed E-state index contributed by atoms with van der Waals surface area (Å²) in [5.74, 6) is -0.972. The molecule has 0 amide bonds. The Bertz CT molecular complexity index is 261. The lowest BCUT2D eigenvalue weighted by molar-refractivity contribution is -0.218. The summed E-state index contributed by atoms with van der Waals surface area (Å²) < 4.78 is 21.5. The zero-order chi connectivity index (χ0) is 11.6. The summed E-state index contributed by atoms with van der Waals surface area (Å²) in [5, 5.41) is 0. The van der Waals surface area contributed by atoms with Gasteiger partial charge in [0.2, 0.25) is 0 Å². The standard InChI is InChI=1S/C11H18O5/c1-11(9-4-3-5-14-9)15-7-8(16-11)6-10(12)13-2/h8-9H,3-7H2,1-2H3. The highest BCUT2D eigenvalue weighted by molar-refractivity contribution is 5.69. The molecule has 0 radical (unpaired) electrons. The molecule has 0 bridgehead atoms. The number of ether oxygens (including phenoxy) is 4. The van der Waals surface area contributed by atoms with Gasteiger partial charge in [0.1, 0.15) is 6.10 Å². The van der Waals surface area contributed by atoms with Crippen LogP contribution >= 0.6 is 0 Å². The maximum atomic E-state index is 11.1. The molecular formula is C11H18O5. The number of rotatable bonds is 3. The van der Waals surface area contributed by atoms with Crippen LogP contribution in [0.2, 0.25) is 0 Å². The van der Waals surface area contributed by atoms with E-state index in [0.717, 1.165) is 19.4 Å². The van der Waals surface area contributed by atoms with Crippen LogP contribution in [0.5, 0.6) is 0 Å². The largest absolute Gasteiger partial charge is 0.469 e. The monoisotopic (exact) mass is 230 g/mol.